The van der Waals surface area contributed by atoms with Gasteiger partial charge in [0.15, 0.2) is 0 Å². The number of nitrogens with one attached hydrogen (secondary N) is 2. The lowest BCUT2D eigenvalue weighted by molar-refractivity contribution is -0.122. The molecular formula is C14H23N5O. The molecule has 0 unspecified atom stereocenters. The Balaban J connectivity index is 1.89. The monoisotopic (exact) mass is 277 g/mol. The maximum atomic E-state index is 11.5. The van der Waals surface area contributed by atoms with Crippen molar-refractivity contribution in [3.05, 3.63) is 11.4 Å². The summed E-state index contributed by atoms with van der Waals surface area (Å²) in [6.07, 6.45) is 2.05. The number of nitrogens with zero attached hydrogens (tertiary/aromatic N) is 2. The highest BCUT2D eigenvalue weighted by molar-refractivity contribution is 5.80. The fourth-order valence-electron chi connectivity index (χ4n) is 1.84. The summed E-state index contributed by atoms with van der Waals surface area (Å²) in [5.41, 5.74) is 6.75. The minimum Gasteiger partial charge on any atom is -0.383 e. The lowest BCUT2D eigenvalue weighted by Crippen LogP contribution is -2.30. The van der Waals surface area contributed by atoms with E-state index in [2.05, 4.69) is 20.6 Å². The normalized spacial score (nSPS) is 14.4. The summed E-state index contributed by atoms with van der Waals surface area (Å²) in [6.45, 7) is 7.18. The van der Waals surface area contributed by atoms with Crippen molar-refractivity contribution in [3.63, 3.8) is 0 Å². The Hall–Kier alpha value is -1.85. The van der Waals surface area contributed by atoms with Crippen molar-refractivity contribution >= 4 is 17.5 Å². The van der Waals surface area contributed by atoms with Crippen LogP contribution in [0.3, 0.4) is 0 Å². The van der Waals surface area contributed by atoms with E-state index in [1.165, 1.54) is 0 Å². The van der Waals surface area contributed by atoms with E-state index in [0.717, 1.165) is 30.0 Å². The molecule has 4 N–H and O–H groups in total. The van der Waals surface area contributed by atoms with Crippen LogP contribution in [0.25, 0.3) is 0 Å². The predicted octanol–water partition coefficient (Wildman–Crippen LogP) is 1.43. The van der Waals surface area contributed by atoms with Gasteiger partial charge in [-0.1, -0.05) is 13.8 Å². The van der Waals surface area contributed by atoms with Crippen LogP contribution in [0.5, 0.6) is 0 Å². The molecule has 0 atom stereocenters. The van der Waals surface area contributed by atoms with Crippen LogP contribution < -0.4 is 16.4 Å². The number of rotatable bonds is 6. The van der Waals surface area contributed by atoms with Gasteiger partial charge in [-0.25, -0.2) is 9.97 Å². The number of nitrogen functional groups attached to an aromatic ring is 1. The number of anilines is 2. The highest BCUT2D eigenvalue weighted by Gasteiger charge is 2.28. The van der Waals surface area contributed by atoms with Gasteiger partial charge in [-0.3, -0.25) is 4.79 Å². The number of aromatic nitrogens is 2. The minimum atomic E-state index is 0.161. The van der Waals surface area contributed by atoms with Gasteiger partial charge < -0.3 is 16.4 Å². The first-order valence-electron chi connectivity index (χ1n) is 7.14. The molecule has 6 nitrogen and oxygen atoms in total. The fraction of sp³-hybridized carbons (Fsp3) is 0.643. The Bertz CT molecular complexity index is 497. The molecule has 0 radical (unpaired) electrons. The standard InChI is InChI=1S/C14H23N5O/c1-8(2)12-18-11(15)9(3)13(19-12)16-6-7-17-14(20)10-4-5-10/h8,10H,4-7H2,1-3H3,(H,17,20)(H3,15,16,18,19). The molecule has 1 aromatic rings. The number of nitrogens with two attached hydrogens (primary N) is 1. The Morgan fingerprint density at radius 2 is 2.05 bits per heavy atom. The largest absolute Gasteiger partial charge is 0.383 e. The van der Waals surface area contributed by atoms with Gasteiger partial charge in [0.1, 0.15) is 17.5 Å². The summed E-state index contributed by atoms with van der Waals surface area (Å²) in [7, 11) is 0. The molecule has 0 bridgehead atoms. The van der Waals surface area contributed by atoms with Crippen LogP contribution >= 0.6 is 0 Å². The molecule has 110 valence electrons. The van der Waals surface area contributed by atoms with Gasteiger partial charge in [-0.15, -0.1) is 0 Å². The maximum Gasteiger partial charge on any atom is 0.223 e. The van der Waals surface area contributed by atoms with Crippen molar-refractivity contribution in [2.24, 2.45) is 5.92 Å². The van der Waals surface area contributed by atoms with E-state index >= 15 is 0 Å². The van der Waals surface area contributed by atoms with E-state index in [4.69, 9.17) is 5.73 Å². The smallest absolute Gasteiger partial charge is 0.223 e. The molecule has 1 aromatic heterocycles. The molecule has 0 aliphatic heterocycles. The first-order chi connectivity index (χ1) is 9.49. The second kappa shape index (κ2) is 6.07. The SMILES string of the molecule is Cc1c(N)nc(C(C)C)nc1NCCNC(=O)C1CC1. The molecule has 6 heteroatoms. The number of carbonyl (C=O) groups is 1. The van der Waals surface area contributed by atoms with Crippen molar-refractivity contribution in [1.29, 1.82) is 0 Å². The zero-order valence-corrected chi connectivity index (χ0v) is 12.4. The first-order valence-corrected chi connectivity index (χ1v) is 7.14. The second-order valence-electron chi connectivity index (χ2n) is 5.59. The van der Waals surface area contributed by atoms with E-state index in [9.17, 15) is 4.79 Å². The Kier molecular flexibility index (Phi) is 4.42. The van der Waals surface area contributed by atoms with Crippen LogP contribution in [0.4, 0.5) is 11.6 Å². The van der Waals surface area contributed by atoms with E-state index in [-0.39, 0.29) is 17.7 Å². The van der Waals surface area contributed by atoms with Gasteiger partial charge >= 0.3 is 0 Å². The Labute approximate surface area is 119 Å². The van der Waals surface area contributed by atoms with Crippen LogP contribution in [0.15, 0.2) is 0 Å². The molecular weight excluding hydrogens is 254 g/mol. The Morgan fingerprint density at radius 1 is 1.35 bits per heavy atom. The molecule has 20 heavy (non-hydrogen) atoms. The number of amides is 1. The molecule has 1 aliphatic rings. The molecule has 1 amide bonds. The Morgan fingerprint density at radius 3 is 2.65 bits per heavy atom. The minimum absolute atomic E-state index is 0.161. The predicted molar refractivity (Wildman–Crippen MR) is 79.5 cm³/mol. The van der Waals surface area contributed by atoms with Crippen LogP contribution in [0.1, 0.15) is 44.0 Å². The maximum absolute atomic E-state index is 11.5. The molecule has 1 aliphatic carbocycles. The van der Waals surface area contributed by atoms with Crippen molar-refractivity contribution in [3.8, 4) is 0 Å². The van der Waals surface area contributed by atoms with Crippen LogP contribution in [0, 0.1) is 12.8 Å². The summed E-state index contributed by atoms with van der Waals surface area (Å²) in [4.78, 5) is 20.3. The van der Waals surface area contributed by atoms with E-state index < -0.39 is 0 Å². The molecule has 1 fully saturated rings. The van der Waals surface area contributed by atoms with E-state index in [0.29, 0.717) is 18.9 Å². The van der Waals surface area contributed by atoms with Gasteiger partial charge in [0.2, 0.25) is 5.91 Å². The number of hydrogen-bond acceptors (Lipinski definition) is 5. The third kappa shape index (κ3) is 3.59. The van der Waals surface area contributed by atoms with Crippen molar-refractivity contribution in [2.45, 2.75) is 39.5 Å². The molecule has 2 rings (SSSR count). The van der Waals surface area contributed by atoms with Gasteiger partial charge in [0.05, 0.1) is 0 Å². The summed E-state index contributed by atoms with van der Waals surface area (Å²) >= 11 is 0. The van der Waals surface area contributed by atoms with Gasteiger partial charge in [-0.05, 0) is 19.8 Å². The van der Waals surface area contributed by atoms with E-state index in [1.54, 1.807) is 0 Å². The zero-order chi connectivity index (χ0) is 14.7. The van der Waals surface area contributed by atoms with Gasteiger partial charge in [-0.2, -0.15) is 0 Å². The summed E-state index contributed by atoms with van der Waals surface area (Å²) in [5, 5.41) is 6.13. The number of carbonyl (C=O) groups excluding carboxylic acids is 1. The highest BCUT2D eigenvalue weighted by atomic mass is 16.2. The van der Waals surface area contributed by atoms with Crippen LogP contribution in [0.2, 0.25) is 0 Å². The second-order valence-corrected chi connectivity index (χ2v) is 5.59. The molecule has 0 aromatic carbocycles. The van der Waals surface area contributed by atoms with Crippen LogP contribution in [-0.2, 0) is 4.79 Å². The topological polar surface area (TPSA) is 92.9 Å². The quantitative estimate of drug-likeness (QED) is 0.684. The average Bonchev–Trinajstić information content (AvgIpc) is 3.22. The van der Waals surface area contributed by atoms with E-state index in [1.807, 2.05) is 20.8 Å². The molecule has 1 saturated carbocycles. The highest BCUT2D eigenvalue weighted by Crippen LogP contribution is 2.28. The third-order valence-electron chi connectivity index (χ3n) is 3.38. The zero-order valence-electron chi connectivity index (χ0n) is 12.4. The number of hydrogen-bond donors (Lipinski definition) is 3. The lowest BCUT2D eigenvalue weighted by Gasteiger charge is -2.13. The first kappa shape index (κ1) is 14.6. The van der Waals surface area contributed by atoms with Gasteiger partial charge in [0.25, 0.3) is 0 Å². The van der Waals surface area contributed by atoms with Gasteiger partial charge in [0, 0.05) is 30.5 Å². The molecule has 1 heterocycles. The van der Waals surface area contributed by atoms with Crippen LogP contribution in [-0.4, -0.2) is 29.0 Å². The fourth-order valence-corrected chi connectivity index (χ4v) is 1.84. The summed E-state index contributed by atoms with van der Waals surface area (Å²) < 4.78 is 0. The van der Waals surface area contributed by atoms with Crippen molar-refractivity contribution < 1.29 is 4.79 Å². The summed E-state index contributed by atoms with van der Waals surface area (Å²) in [5.74, 6) is 2.63. The summed E-state index contributed by atoms with van der Waals surface area (Å²) in [6, 6.07) is 0. The third-order valence-corrected chi connectivity index (χ3v) is 3.38. The lowest BCUT2D eigenvalue weighted by atomic mass is 10.2. The molecule has 0 saturated heterocycles. The van der Waals surface area contributed by atoms with Crippen molar-refractivity contribution in [2.75, 3.05) is 24.1 Å². The average molecular weight is 277 g/mol. The molecule has 0 spiro atoms. The van der Waals surface area contributed by atoms with Crippen molar-refractivity contribution in [1.82, 2.24) is 15.3 Å².